The fourth-order valence-corrected chi connectivity index (χ4v) is 2.60. The van der Waals surface area contributed by atoms with Crippen molar-refractivity contribution in [2.75, 3.05) is 59.4 Å². The van der Waals surface area contributed by atoms with Crippen LogP contribution in [0.25, 0.3) is 0 Å². The molecule has 2 N–H and O–H groups in total. The summed E-state index contributed by atoms with van der Waals surface area (Å²) in [6, 6.07) is 0. The van der Waals surface area contributed by atoms with Gasteiger partial charge in [-0.05, 0) is 32.4 Å². The van der Waals surface area contributed by atoms with Gasteiger partial charge in [-0.15, -0.1) is 0 Å². The van der Waals surface area contributed by atoms with Crippen molar-refractivity contribution in [1.82, 2.24) is 20.4 Å². The van der Waals surface area contributed by atoms with E-state index in [1.807, 2.05) is 7.05 Å². The van der Waals surface area contributed by atoms with Gasteiger partial charge in [-0.2, -0.15) is 0 Å². The number of hydrogen-bond donors (Lipinski definition) is 2. The Balaban J connectivity index is 1.98. The summed E-state index contributed by atoms with van der Waals surface area (Å²) in [6.45, 7) is 13.9. The SMILES string of the molecule is CCCCNC(=NC)NCCCCN1CCN(CC)CC1. The molecule has 1 heterocycles. The highest BCUT2D eigenvalue weighted by atomic mass is 15.3. The monoisotopic (exact) mass is 297 g/mol. The molecule has 0 amide bonds. The molecule has 0 aromatic carbocycles. The lowest BCUT2D eigenvalue weighted by molar-refractivity contribution is 0.136. The average molecular weight is 297 g/mol. The first-order valence-corrected chi connectivity index (χ1v) is 8.69. The highest BCUT2D eigenvalue weighted by Crippen LogP contribution is 2.02. The summed E-state index contributed by atoms with van der Waals surface area (Å²) in [4.78, 5) is 9.37. The lowest BCUT2D eigenvalue weighted by atomic mass is 10.2. The maximum atomic E-state index is 4.24. The van der Waals surface area contributed by atoms with E-state index in [1.165, 1.54) is 65.0 Å². The second-order valence-electron chi connectivity index (χ2n) is 5.76. The van der Waals surface area contributed by atoms with Crippen LogP contribution < -0.4 is 10.6 Å². The first-order chi connectivity index (χ1) is 10.3. The van der Waals surface area contributed by atoms with Crippen molar-refractivity contribution in [3.8, 4) is 0 Å². The van der Waals surface area contributed by atoms with Crippen molar-refractivity contribution in [3.63, 3.8) is 0 Å². The molecule has 5 nitrogen and oxygen atoms in total. The molecule has 5 heteroatoms. The number of hydrogen-bond acceptors (Lipinski definition) is 3. The van der Waals surface area contributed by atoms with Crippen molar-refractivity contribution in [2.24, 2.45) is 4.99 Å². The first kappa shape index (κ1) is 18.2. The molecule has 1 fully saturated rings. The van der Waals surface area contributed by atoms with Gasteiger partial charge in [0.05, 0.1) is 0 Å². The number of rotatable bonds is 9. The molecular weight excluding hydrogens is 262 g/mol. The Bertz CT molecular complexity index is 272. The molecule has 0 atom stereocenters. The van der Waals surface area contributed by atoms with Crippen LogP contribution in [0, 0.1) is 0 Å². The van der Waals surface area contributed by atoms with Crippen LogP contribution in [-0.4, -0.2) is 75.2 Å². The van der Waals surface area contributed by atoms with Gasteiger partial charge in [0.25, 0.3) is 0 Å². The Labute approximate surface area is 131 Å². The number of aliphatic imine (C=N–C) groups is 1. The third-order valence-corrected chi connectivity index (χ3v) is 4.15. The van der Waals surface area contributed by atoms with Crippen molar-refractivity contribution < 1.29 is 0 Å². The number of unbranched alkanes of at least 4 members (excludes halogenated alkanes) is 2. The van der Waals surface area contributed by atoms with Crippen LogP contribution >= 0.6 is 0 Å². The molecule has 1 rings (SSSR count). The predicted molar refractivity (Wildman–Crippen MR) is 92.1 cm³/mol. The molecular formula is C16H35N5. The molecule has 0 aliphatic carbocycles. The molecule has 1 aliphatic rings. The van der Waals surface area contributed by atoms with E-state index in [0.29, 0.717) is 0 Å². The quantitative estimate of drug-likeness (QED) is 0.383. The molecule has 124 valence electrons. The first-order valence-electron chi connectivity index (χ1n) is 8.69. The lowest BCUT2D eigenvalue weighted by Crippen LogP contribution is -2.46. The Hall–Kier alpha value is -0.810. The highest BCUT2D eigenvalue weighted by Gasteiger charge is 2.14. The van der Waals surface area contributed by atoms with Gasteiger partial charge in [0.1, 0.15) is 0 Å². The third-order valence-electron chi connectivity index (χ3n) is 4.15. The Morgan fingerprint density at radius 1 is 0.905 bits per heavy atom. The minimum absolute atomic E-state index is 0.944. The molecule has 0 bridgehead atoms. The van der Waals surface area contributed by atoms with E-state index in [2.05, 4.69) is 39.3 Å². The summed E-state index contributed by atoms with van der Waals surface area (Å²) in [7, 11) is 1.84. The van der Waals surface area contributed by atoms with Crippen LogP contribution in [0.1, 0.15) is 39.5 Å². The van der Waals surface area contributed by atoms with Crippen molar-refractivity contribution in [2.45, 2.75) is 39.5 Å². The van der Waals surface area contributed by atoms with Crippen LogP contribution in [0.5, 0.6) is 0 Å². The fraction of sp³-hybridized carbons (Fsp3) is 0.938. The van der Waals surface area contributed by atoms with E-state index in [-0.39, 0.29) is 0 Å². The number of nitrogens with one attached hydrogen (secondary N) is 2. The van der Waals surface area contributed by atoms with E-state index in [1.54, 1.807) is 0 Å². The maximum absolute atomic E-state index is 4.24. The highest BCUT2D eigenvalue weighted by molar-refractivity contribution is 5.79. The van der Waals surface area contributed by atoms with Gasteiger partial charge in [-0.25, -0.2) is 0 Å². The largest absolute Gasteiger partial charge is 0.356 e. The molecule has 0 saturated carbocycles. The summed E-state index contributed by atoms with van der Waals surface area (Å²) < 4.78 is 0. The van der Waals surface area contributed by atoms with Gasteiger partial charge in [0.15, 0.2) is 5.96 Å². The van der Waals surface area contributed by atoms with Crippen molar-refractivity contribution >= 4 is 5.96 Å². The zero-order valence-corrected chi connectivity index (χ0v) is 14.3. The number of guanidine groups is 1. The summed E-state index contributed by atoms with van der Waals surface area (Å²) >= 11 is 0. The van der Waals surface area contributed by atoms with Crippen LogP contribution in [0.4, 0.5) is 0 Å². The van der Waals surface area contributed by atoms with Crippen LogP contribution in [0.3, 0.4) is 0 Å². The number of likely N-dealkylation sites (N-methyl/N-ethyl adjacent to an activating group) is 1. The van der Waals surface area contributed by atoms with Crippen LogP contribution in [-0.2, 0) is 0 Å². The zero-order valence-electron chi connectivity index (χ0n) is 14.3. The standard InChI is InChI=1S/C16H35N5/c1-4-6-9-18-16(17-3)19-10-7-8-11-21-14-12-20(5-2)13-15-21/h4-15H2,1-3H3,(H2,17,18,19). The van der Waals surface area contributed by atoms with Gasteiger partial charge >= 0.3 is 0 Å². The van der Waals surface area contributed by atoms with E-state index in [0.717, 1.165) is 19.0 Å². The van der Waals surface area contributed by atoms with Crippen LogP contribution in [0.15, 0.2) is 4.99 Å². The van der Waals surface area contributed by atoms with E-state index >= 15 is 0 Å². The van der Waals surface area contributed by atoms with Crippen molar-refractivity contribution in [1.29, 1.82) is 0 Å². The Morgan fingerprint density at radius 3 is 2.10 bits per heavy atom. The fourth-order valence-electron chi connectivity index (χ4n) is 2.60. The van der Waals surface area contributed by atoms with E-state index < -0.39 is 0 Å². The third kappa shape index (κ3) is 8.27. The molecule has 0 radical (unpaired) electrons. The number of piperazine rings is 1. The molecule has 21 heavy (non-hydrogen) atoms. The van der Waals surface area contributed by atoms with Gasteiger partial charge in [0.2, 0.25) is 0 Å². The minimum Gasteiger partial charge on any atom is -0.356 e. The predicted octanol–water partition coefficient (Wildman–Crippen LogP) is 1.37. The van der Waals surface area contributed by atoms with Gasteiger partial charge in [0, 0.05) is 46.3 Å². The number of nitrogens with zero attached hydrogens (tertiary/aromatic N) is 3. The molecule has 0 aromatic heterocycles. The molecule has 0 unspecified atom stereocenters. The Morgan fingerprint density at radius 2 is 1.52 bits per heavy atom. The van der Waals surface area contributed by atoms with E-state index in [9.17, 15) is 0 Å². The topological polar surface area (TPSA) is 42.9 Å². The van der Waals surface area contributed by atoms with Gasteiger partial charge < -0.3 is 20.4 Å². The second-order valence-corrected chi connectivity index (χ2v) is 5.76. The normalized spacial score (nSPS) is 18.0. The molecule has 0 spiro atoms. The van der Waals surface area contributed by atoms with Crippen molar-refractivity contribution in [3.05, 3.63) is 0 Å². The minimum atomic E-state index is 0.944. The van der Waals surface area contributed by atoms with E-state index in [4.69, 9.17) is 0 Å². The maximum Gasteiger partial charge on any atom is 0.190 e. The Kier molecular flexibility index (Phi) is 10.3. The molecule has 1 saturated heterocycles. The summed E-state index contributed by atoms with van der Waals surface area (Å²) in [5.41, 5.74) is 0. The van der Waals surface area contributed by atoms with Crippen LogP contribution in [0.2, 0.25) is 0 Å². The lowest BCUT2D eigenvalue weighted by Gasteiger charge is -2.34. The summed E-state index contributed by atoms with van der Waals surface area (Å²) in [6.07, 6.45) is 4.90. The van der Waals surface area contributed by atoms with Gasteiger partial charge in [-0.3, -0.25) is 4.99 Å². The van der Waals surface area contributed by atoms with Gasteiger partial charge in [-0.1, -0.05) is 20.3 Å². The molecule has 0 aromatic rings. The average Bonchev–Trinajstić information content (AvgIpc) is 2.53. The summed E-state index contributed by atoms with van der Waals surface area (Å²) in [5, 5.41) is 6.74. The smallest absolute Gasteiger partial charge is 0.190 e. The zero-order chi connectivity index (χ0) is 15.3. The summed E-state index contributed by atoms with van der Waals surface area (Å²) in [5.74, 6) is 0.944. The molecule has 1 aliphatic heterocycles. The second kappa shape index (κ2) is 11.8.